The van der Waals surface area contributed by atoms with E-state index in [-0.39, 0.29) is 0 Å². The minimum atomic E-state index is 0.617. The fraction of sp³-hybridized carbons (Fsp3) is 0.600. The molecular formula is C15H23N3. The zero-order chi connectivity index (χ0) is 12.5. The van der Waals surface area contributed by atoms with Crippen LogP contribution in [0.5, 0.6) is 0 Å². The Labute approximate surface area is 109 Å². The van der Waals surface area contributed by atoms with E-state index in [4.69, 9.17) is 5.73 Å². The zero-order valence-corrected chi connectivity index (χ0v) is 11.2. The molecule has 3 heteroatoms. The molecule has 3 rings (SSSR count). The largest absolute Gasteiger partial charge is 0.398 e. The molecule has 0 spiro atoms. The molecule has 2 aliphatic heterocycles. The van der Waals surface area contributed by atoms with E-state index in [1.54, 1.807) is 0 Å². The van der Waals surface area contributed by atoms with Crippen molar-refractivity contribution in [3.8, 4) is 0 Å². The van der Waals surface area contributed by atoms with Crippen molar-refractivity contribution in [2.75, 3.05) is 24.1 Å². The molecule has 18 heavy (non-hydrogen) atoms. The fourth-order valence-corrected chi connectivity index (χ4v) is 3.32. The second-order valence-corrected chi connectivity index (χ2v) is 5.77. The summed E-state index contributed by atoms with van der Waals surface area (Å²) in [5.74, 6) is 0. The lowest BCUT2D eigenvalue weighted by Crippen LogP contribution is -2.42. The maximum absolute atomic E-state index is 5.96. The molecule has 98 valence electrons. The number of anilines is 2. The second kappa shape index (κ2) is 4.81. The maximum atomic E-state index is 5.96. The molecule has 0 aromatic heterocycles. The van der Waals surface area contributed by atoms with E-state index in [0.717, 1.165) is 17.3 Å². The molecule has 3 nitrogen and oxygen atoms in total. The minimum Gasteiger partial charge on any atom is -0.398 e. The van der Waals surface area contributed by atoms with Crippen molar-refractivity contribution in [2.24, 2.45) is 0 Å². The monoisotopic (exact) mass is 245 g/mol. The number of nitrogens with two attached hydrogens (primary N) is 1. The van der Waals surface area contributed by atoms with E-state index in [2.05, 4.69) is 35.3 Å². The Balaban J connectivity index is 1.64. The number of hydrogen-bond acceptors (Lipinski definition) is 3. The van der Waals surface area contributed by atoms with Crippen molar-refractivity contribution in [2.45, 2.75) is 44.7 Å². The second-order valence-electron chi connectivity index (χ2n) is 5.77. The highest BCUT2D eigenvalue weighted by Gasteiger charge is 2.31. The summed E-state index contributed by atoms with van der Waals surface area (Å²) in [5.41, 5.74) is 9.18. The highest BCUT2D eigenvalue weighted by Crippen LogP contribution is 2.29. The van der Waals surface area contributed by atoms with Gasteiger partial charge < -0.3 is 16.0 Å². The maximum Gasteiger partial charge on any atom is 0.0364 e. The molecule has 2 saturated heterocycles. The van der Waals surface area contributed by atoms with Gasteiger partial charge in [-0.15, -0.1) is 0 Å². The van der Waals surface area contributed by atoms with Gasteiger partial charge >= 0.3 is 0 Å². The molecule has 2 aliphatic rings. The zero-order valence-electron chi connectivity index (χ0n) is 11.2. The van der Waals surface area contributed by atoms with Crippen LogP contribution >= 0.6 is 0 Å². The number of hydrogen-bond donors (Lipinski definition) is 2. The number of nitrogen functional groups attached to an aromatic ring is 1. The predicted molar refractivity (Wildman–Crippen MR) is 76.8 cm³/mol. The third kappa shape index (κ3) is 2.32. The van der Waals surface area contributed by atoms with Gasteiger partial charge in [0.25, 0.3) is 0 Å². The van der Waals surface area contributed by atoms with Gasteiger partial charge in [0.15, 0.2) is 0 Å². The first-order valence-electron chi connectivity index (χ1n) is 7.09. The van der Waals surface area contributed by atoms with Crippen LogP contribution in [0.3, 0.4) is 0 Å². The van der Waals surface area contributed by atoms with E-state index in [1.807, 2.05) is 0 Å². The van der Waals surface area contributed by atoms with Crippen LogP contribution in [0, 0.1) is 6.92 Å². The van der Waals surface area contributed by atoms with E-state index in [0.29, 0.717) is 6.04 Å². The number of aryl methyl sites for hydroxylation is 1. The number of piperidine rings is 1. The highest BCUT2D eigenvalue weighted by molar-refractivity contribution is 5.58. The molecule has 0 bridgehead atoms. The Hall–Kier alpha value is -1.22. The molecule has 0 aliphatic carbocycles. The molecule has 1 aromatic carbocycles. The van der Waals surface area contributed by atoms with Crippen molar-refractivity contribution < 1.29 is 0 Å². The van der Waals surface area contributed by atoms with Crippen LogP contribution in [-0.4, -0.2) is 30.1 Å². The molecule has 2 fully saturated rings. The van der Waals surface area contributed by atoms with Crippen LogP contribution < -0.4 is 11.1 Å². The first-order valence-corrected chi connectivity index (χ1v) is 7.09. The number of fused-ring (bicyclic) bond motifs is 1. The van der Waals surface area contributed by atoms with Crippen molar-refractivity contribution in [3.63, 3.8) is 0 Å². The van der Waals surface area contributed by atoms with Gasteiger partial charge in [0, 0.05) is 30.0 Å². The van der Waals surface area contributed by atoms with Gasteiger partial charge in [0.05, 0.1) is 0 Å². The normalized spacial score (nSPS) is 28.1. The average molecular weight is 245 g/mol. The fourth-order valence-electron chi connectivity index (χ4n) is 3.32. The molecule has 1 aromatic rings. The first kappa shape index (κ1) is 11.8. The van der Waals surface area contributed by atoms with Crippen LogP contribution in [0.4, 0.5) is 11.4 Å². The lowest BCUT2D eigenvalue weighted by Gasteiger charge is -2.35. The van der Waals surface area contributed by atoms with Gasteiger partial charge in [0.1, 0.15) is 0 Å². The van der Waals surface area contributed by atoms with E-state index >= 15 is 0 Å². The summed E-state index contributed by atoms with van der Waals surface area (Å²) < 4.78 is 0. The minimum absolute atomic E-state index is 0.617. The summed E-state index contributed by atoms with van der Waals surface area (Å²) in [6.07, 6.45) is 5.31. The van der Waals surface area contributed by atoms with Crippen LogP contribution in [-0.2, 0) is 0 Å². The molecule has 0 saturated carbocycles. The molecule has 2 heterocycles. The summed E-state index contributed by atoms with van der Waals surface area (Å²) >= 11 is 0. The van der Waals surface area contributed by atoms with Gasteiger partial charge in [0.2, 0.25) is 0 Å². The van der Waals surface area contributed by atoms with Crippen molar-refractivity contribution in [1.82, 2.24) is 4.90 Å². The lowest BCUT2D eigenvalue weighted by molar-refractivity contribution is 0.188. The topological polar surface area (TPSA) is 41.3 Å². The van der Waals surface area contributed by atoms with Crippen molar-refractivity contribution >= 4 is 11.4 Å². The number of nitrogens with zero attached hydrogens (tertiary/aromatic N) is 1. The Morgan fingerprint density at radius 3 is 3.00 bits per heavy atom. The summed E-state index contributed by atoms with van der Waals surface area (Å²) in [6.45, 7) is 4.62. The Kier molecular flexibility index (Phi) is 3.16. The highest BCUT2D eigenvalue weighted by atomic mass is 15.2. The quantitative estimate of drug-likeness (QED) is 0.787. The van der Waals surface area contributed by atoms with E-state index in [1.165, 1.54) is 44.5 Å². The van der Waals surface area contributed by atoms with Crippen LogP contribution in [0.2, 0.25) is 0 Å². The lowest BCUT2D eigenvalue weighted by atomic mass is 9.97. The molecular weight excluding hydrogens is 222 g/mol. The Bertz CT molecular complexity index is 430. The number of nitrogens with one attached hydrogen (secondary N) is 1. The SMILES string of the molecule is Cc1ccc(NC2CCN3CCCC3C2)cc1N. The van der Waals surface area contributed by atoms with Gasteiger partial charge in [-0.25, -0.2) is 0 Å². The van der Waals surface area contributed by atoms with Gasteiger partial charge in [-0.2, -0.15) is 0 Å². The van der Waals surface area contributed by atoms with Gasteiger partial charge in [-0.1, -0.05) is 6.07 Å². The molecule has 0 amide bonds. The molecule has 2 unspecified atom stereocenters. The third-order valence-corrected chi connectivity index (χ3v) is 4.47. The van der Waals surface area contributed by atoms with Crippen molar-refractivity contribution in [1.29, 1.82) is 0 Å². The van der Waals surface area contributed by atoms with E-state index in [9.17, 15) is 0 Å². The van der Waals surface area contributed by atoms with Gasteiger partial charge in [-0.05, 0) is 56.8 Å². The summed E-state index contributed by atoms with van der Waals surface area (Å²) in [7, 11) is 0. The smallest absolute Gasteiger partial charge is 0.0364 e. The number of benzene rings is 1. The van der Waals surface area contributed by atoms with Crippen LogP contribution in [0.1, 0.15) is 31.2 Å². The average Bonchev–Trinajstić information content (AvgIpc) is 2.81. The summed E-state index contributed by atoms with van der Waals surface area (Å²) in [6, 6.07) is 7.75. The Morgan fingerprint density at radius 2 is 2.17 bits per heavy atom. The summed E-state index contributed by atoms with van der Waals surface area (Å²) in [5, 5.41) is 3.65. The van der Waals surface area contributed by atoms with Gasteiger partial charge in [-0.3, -0.25) is 0 Å². The molecule has 3 N–H and O–H groups in total. The van der Waals surface area contributed by atoms with Crippen LogP contribution in [0.15, 0.2) is 18.2 Å². The predicted octanol–water partition coefficient (Wildman–Crippen LogP) is 2.62. The number of rotatable bonds is 2. The summed E-state index contributed by atoms with van der Waals surface area (Å²) in [4.78, 5) is 2.65. The molecule has 2 atom stereocenters. The van der Waals surface area contributed by atoms with Crippen LogP contribution in [0.25, 0.3) is 0 Å². The standard InChI is InChI=1S/C15H23N3/c1-11-4-5-12(10-15(11)16)17-13-6-8-18-7-2-3-14(18)9-13/h4-5,10,13-14,17H,2-3,6-9,16H2,1H3. The third-order valence-electron chi connectivity index (χ3n) is 4.47. The van der Waals surface area contributed by atoms with E-state index < -0.39 is 0 Å². The van der Waals surface area contributed by atoms with Crippen molar-refractivity contribution in [3.05, 3.63) is 23.8 Å². The first-order chi connectivity index (χ1) is 8.72. The molecule has 0 radical (unpaired) electrons. The Morgan fingerprint density at radius 1 is 1.28 bits per heavy atom.